The Morgan fingerprint density at radius 3 is 1.25 bits per heavy atom. The highest BCUT2D eigenvalue weighted by Crippen LogP contribution is 2.37. The first-order chi connectivity index (χ1) is 30.9. The average molecular weight is 922 g/mol. The van der Waals surface area contributed by atoms with Crippen molar-refractivity contribution in [1.82, 2.24) is 10.6 Å². The van der Waals surface area contributed by atoms with Crippen molar-refractivity contribution in [2.75, 3.05) is 19.8 Å². The third-order valence-corrected chi connectivity index (χ3v) is 13.3. The van der Waals surface area contributed by atoms with Crippen molar-refractivity contribution in [3.05, 3.63) is 0 Å². The van der Waals surface area contributed by atoms with Gasteiger partial charge in [0.05, 0.1) is 23.4 Å². The Kier molecular flexibility index (Phi) is 38.2. The zero-order valence-electron chi connectivity index (χ0n) is 45.4. The molecule has 386 valence electrons. The van der Waals surface area contributed by atoms with Crippen LogP contribution in [0.15, 0.2) is 0 Å². The van der Waals surface area contributed by atoms with Gasteiger partial charge in [-0.3, -0.25) is 9.59 Å². The summed E-state index contributed by atoms with van der Waals surface area (Å²) in [5.41, 5.74) is -2.01. The number of carbonyl (C=O) groups is 3. The van der Waals surface area contributed by atoms with Crippen LogP contribution >= 0.6 is 0 Å². The molecule has 0 aliphatic rings. The van der Waals surface area contributed by atoms with Crippen LogP contribution in [0.4, 0.5) is 0 Å². The van der Waals surface area contributed by atoms with Gasteiger partial charge in [0.15, 0.2) is 0 Å². The molecule has 0 aliphatic heterocycles. The van der Waals surface area contributed by atoms with E-state index in [9.17, 15) is 14.4 Å². The molecule has 8 nitrogen and oxygen atoms in total. The van der Waals surface area contributed by atoms with Crippen molar-refractivity contribution >= 4 is 17.8 Å². The minimum absolute atomic E-state index is 0.00622. The third kappa shape index (κ3) is 38.9. The minimum atomic E-state index is -0.934. The molecule has 8 heteroatoms. The highest BCUT2D eigenvalue weighted by molar-refractivity contribution is 5.86. The van der Waals surface area contributed by atoms with Crippen LogP contribution in [0.2, 0.25) is 0 Å². The van der Waals surface area contributed by atoms with Crippen molar-refractivity contribution in [3.8, 4) is 0 Å². The Hall–Kier alpha value is -1.67. The molecule has 0 heterocycles. The molecule has 0 aromatic carbocycles. The smallest absolute Gasteiger partial charge is 0.330 e. The number of esters is 1. The number of hydrogen-bond donors (Lipinski definition) is 2. The second-order valence-electron chi connectivity index (χ2n) is 22.4. The summed E-state index contributed by atoms with van der Waals surface area (Å²) < 4.78 is 18.4. The fraction of sp³-hybridized carbons (Fsp3) is 0.947. The van der Waals surface area contributed by atoms with Crippen LogP contribution in [-0.2, 0) is 28.6 Å². The highest BCUT2D eigenvalue weighted by Gasteiger charge is 2.41. The van der Waals surface area contributed by atoms with E-state index >= 15 is 0 Å². The first kappa shape index (κ1) is 63.3. The molecule has 0 bridgehead atoms. The summed E-state index contributed by atoms with van der Waals surface area (Å²) in [7, 11) is 0. The van der Waals surface area contributed by atoms with Crippen LogP contribution in [0.25, 0.3) is 0 Å². The molecule has 0 saturated carbocycles. The lowest BCUT2D eigenvalue weighted by atomic mass is 9.76. The predicted molar refractivity (Wildman–Crippen MR) is 278 cm³/mol. The maximum Gasteiger partial charge on any atom is 0.330 e. The Balaban J connectivity index is 4.97. The van der Waals surface area contributed by atoms with Crippen LogP contribution < -0.4 is 10.6 Å². The van der Waals surface area contributed by atoms with E-state index in [-0.39, 0.29) is 24.0 Å². The first-order valence-electron chi connectivity index (χ1n) is 28.0. The lowest BCUT2D eigenvalue weighted by molar-refractivity contribution is -0.160. The second kappa shape index (κ2) is 39.2. The van der Waals surface area contributed by atoms with Crippen LogP contribution in [0.3, 0.4) is 0 Å². The van der Waals surface area contributed by atoms with Crippen LogP contribution in [0.5, 0.6) is 0 Å². The molecule has 0 aliphatic carbocycles. The number of hydrogen-bond acceptors (Lipinski definition) is 6. The van der Waals surface area contributed by atoms with E-state index in [4.69, 9.17) is 14.2 Å². The molecule has 2 atom stereocenters. The lowest BCUT2D eigenvalue weighted by Crippen LogP contribution is -2.52. The number of rotatable bonds is 46. The molecule has 0 aromatic heterocycles. The van der Waals surface area contributed by atoms with Gasteiger partial charge in [-0.25, -0.2) is 4.79 Å². The summed E-state index contributed by atoms with van der Waals surface area (Å²) >= 11 is 0. The second-order valence-corrected chi connectivity index (χ2v) is 22.4. The summed E-state index contributed by atoms with van der Waals surface area (Å²) in [6.45, 7) is 23.8. The lowest BCUT2D eigenvalue weighted by Gasteiger charge is -2.41. The predicted octanol–water partition coefficient (Wildman–Crippen LogP) is 16.2. The monoisotopic (exact) mass is 921 g/mol. The number of amides is 2. The molecule has 2 N–H and O–H groups in total. The van der Waals surface area contributed by atoms with Crippen molar-refractivity contribution < 1.29 is 28.6 Å². The van der Waals surface area contributed by atoms with Gasteiger partial charge in [0.25, 0.3) is 0 Å². The van der Waals surface area contributed by atoms with E-state index in [1.807, 2.05) is 27.7 Å². The number of ether oxygens (including phenoxy) is 3. The summed E-state index contributed by atoms with van der Waals surface area (Å²) in [5, 5.41) is 5.99. The van der Waals surface area contributed by atoms with Gasteiger partial charge in [0, 0.05) is 25.0 Å². The van der Waals surface area contributed by atoms with Crippen molar-refractivity contribution in [3.63, 3.8) is 0 Å². The molecule has 65 heavy (non-hydrogen) atoms. The fourth-order valence-electron chi connectivity index (χ4n) is 9.19. The molecule has 0 spiro atoms. The van der Waals surface area contributed by atoms with Gasteiger partial charge in [0.1, 0.15) is 6.04 Å². The molecule has 0 saturated heterocycles. The van der Waals surface area contributed by atoms with Crippen LogP contribution in [-0.4, -0.2) is 60.4 Å². The third-order valence-electron chi connectivity index (χ3n) is 13.3. The number of unbranched alkanes of at least 4 members (excludes halogenated alkanes) is 29. The number of nitrogens with one attached hydrogen (secondary N) is 2. The molecular formula is C57H112N2O6. The number of carbonyl (C=O) groups excluding carboxylic acids is 3. The zero-order valence-corrected chi connectivity index (χ0v) is 45.4. The Bertz CT molecular complexity index is 1150. The summed E-state index contributed by atoms with van der Waals surface area (Å²) in [5.74, 6) is -0.793. The van der Waals surface area contributed by atoms with Gasteiger partial charge in [0.2, 0.25) is 11.8 Å². The topological polar surface area (TPSA) is 103 Å². The van der Waals surface area contributed by atoms with E-state index in [1.54, 1.807) is 0 Å². The van der Waals surface area contributed by atoms with Gasteiger partial charge < -0.3 is 24.8 Å². The maximum absolute atomic E-state index is 13.9. The largest absolute Gasteiger partial charge is 0.464 e. The molecular weight excluding hydrogens is 809 g/mol. The van der Waals surface area contributed by atoms with Crippen LogP contribution in [0.1, 0.15) is 301 Å². The Morgan fingerprint density at radius 2 is 0.862 bits per heavy atom. The quantitative estimate of drug-likeness (QED) is 0.0466. The molecule has 0 radical (unpaired) electrons. The molecule has 2 amide bonds. The Labute approximate surface area is 404 Å². The highest BCUT2D eigenvalue weighted by atomic mass is 16.5. The van der Waals surface area contributed by atoms with Gasteiger partial charge in [-0.1, -0.05) is 214 Å². The average Bonchev–Trinajstić information content (AvgIpc) is 3.23. The molecule has 2 unspecified atom stereocenters. The van der Waals surface area contributed by atoms with E-state index < -0.39 is 28.6 Å². The minimum Gasteiger partial charge on any atom is -0.464 e. The van der Waals surface area contributed by atoms with E-state index in [2.05, 4.69) is 59.1 Å². The van der Waals surface area contributed by atoms with Crippen molar-refractivity contribution in [2.45, 2.75) is 324 Å². The van der Waals surface area contributed by atoms with Gasteiger partial charge in [-0.2, -0.15) is 0 Å². The van der Waals surface area contributed by atoms with Gasteiger partial charge in [-0.15, -0.1) is 0 Å². The standard InChI is InChI=1S/C57H112N2O6/c1-12-15-17-19-21-23-25-27-29-31-33-35-37-39-41-43-46-63-52(61)50(59-51(60)44-42-40-38-36-34-32-30-28-26-24-22-20-18-16-13-2)48-58-53(62)57(11,14-3)49-56(9,10)65-55(7,8)45-47-64-54(4,5)6/h50H,12-49H2,1-11H3,(H,58,62)(H,59,60). The van der Waals surface area contributed by atoms with E-state index in [1.165, 1.54) is 161 Å². The zero-order chi connectivity index (χ0) is 48.7. The molecule has 0 aromatic rings. The first-order valence-corrected chi connectivity index (χ1v) is 28.0. The normalized spacial score (nSPS) is 13.7. The maximum atomic E-state index is 13.9. The summed E-state index contributed by atoms with van der Waals surface area (Å²) in [4.78, 5) is 40.7. The Morgan fingerprint density at radius 1 is 0.477 bits per heavy atom. The van der Waals surface area contributed by atoms with Gasteiger partial charge in [-0.05, 0) is 80.6 Å². The molecule has 0 fully saturated rings. The van der Waals surface area contributed by atoms with E-state index in [0.717, 1.165) is 44.9 Å². The molecule has 0 rings (SSSR count). The SMILES string of the molecule is CCCCCCCCCCCCCCCCCCOC(=O)C(CNC(=O)C(C)(CC)CC(C)(C)OC(C)(C)CCOC(C)(C)C)NC(=O)CCCCCCCCCCCCCCCCC. The summed E-state index contributed by atoms with van der Waals surface area (Å²) in [6, 6.07) is -0.934. The van der Waals surface area contributed by atoms with E-state index in [0.29, 0.717) is 32.5 Å². The van der Waals surface area contributed by atoms with Crippen LogP contribution in [0, 0.1) is 5.41 Å². The van der Waals surface area contributed by atoms with Crippen molar-refractivity contribution in [1.29, 1.82) is 0 Å². The van der Waals surface area contributed by atoms with Crippen molar-refractivity contribution in [2.24, 2.45) is 5.41 Å². The summed E-state index contributed by atoms with van der Waals surface area (Å²) in [6.07, 6.45) is 41.8. The van der Waals surface area contributed by atoms with Gasteiger partial charge >= 0.3 is 5.97 Å². The fourth-order valence-corrected chi connectivity index (χ4v) is 9.19.